The van der Waals surface area contributed by atoms with Crippen LogP contribution in [0.15, 0.2) is 70.8 Å². The predicted octanol–water partition coefficient (Wildman–Crippen LogP) is 3.36. The molecule has 0 aromatic heterocycles. The molecule has 0 radical (unpaired) electrons. The van der Waals surface area contributed by atoms with E-state index in [2.05, 4.69) is 15.9 Å². The van der Waals surface area contributed by atoms with Gasteiger partial charge in [0.15, 0.2) is 5.78 Å². The number of carbonyl (C=O) groups is 2. The van der Waals surface area contributed by atoms with Gasteiger partial charge in [0.25, 0.3) is 0 Å². The van der Waals surface area contributed by atoms with Crippen molar-refractivity contribution in [1.82, 2.24) is 0 Å². The number of hydrogen-bond donors (Lipinski definition) is 1. The molecule has 0 aliphatic carbocycles. The summed E-state index contributed by atoms with van der Waals surface area (Å²) in [7, 11) is 0. The first-order valence-corrected chi connectivity index (χ1v) is 6.74. The van der Waals surface area contributed by atoms with Crippen molar-refractivity contribution in [2.45, 2.75) is 0 Å². The number of Topliss-reactive ketones (excluding diaryl/α,β-unsaturated/α-hetero) is 1. The predicted molar refractivity (Wildman–Crippen MR) is 81.5 cm³/mol. The molecular weight excluding hydrogens is 318 g/mol. The van der Waals surface area contributed by atoms with Crippen LogP contribution in [0, 0.1) is 0 Å². The molecule has 2 rings (SSSR count). The van der Waals surface area contributed by atoms with Crippen molar-refractivity contribution in [2.75, 3.05) is 0 Å². The summed E-state index contributed by atoms with van der Waals surface area (Å²) in [5.41, 5.74) is 6.58. The fraction of sp³-hybridized carbons (Fsp3) is 0. The van der Waals surface area contributed by atoms with E-state index >= 15 is 0 Å². The number of halogens is 1. The van der Waals surface area contributed by atoms with Crippen LogP contribution in [0.4, 0.5) is 0 Å². The molecule has 3 nitrogen and oxygen atoms in total. The Kier molecular flexibility index (Phi) is 4.48. The molecule has 2 aromatic rings. The van der Waals surface area contributed by atoms with Gasteiger partial charge in [-0.1, -0.05) is 58.4 Å². The van der Waals surface area contributed by atoms with Gasteiger partial charge in [0.2, 0.25) is 5.78 Å². The van der Waals surface area contributed by atoms with E-state index in [9.17, 15) is 9.59 Å². The molecule has 0 aliphatic rings. The topological polar surface area (TPSA) is 60.2 Å². The van der Waals surface area contributed by atoms with Crippen molar-refractivity contribution in [3.63, 3.8) is 0 Å². The zero-order chi connectivity index (χ0) is 14.5. The van der Waals surface area contributed by atoms with E-state index in [1.807, 2.05) is 6.07 Å². The summed E-state index contributed by atoms with van der Waals surface area (Å²) in [5.74, 6) is -0.662. The van der Waals surface area contributed by atoms with Gasteiger partial charge in [-0.25, -0.2) is 0 Å². The Balaban J connectivity index is 2.25. The molecule has 0 amide bonds. The van der Waals surface area contributed by atoms with Crippen LogP contribution in [0.25, 0.3) is 0 Å². The van der Waals surface area contributed by atoms with Crippen LogP contribution in [-0.2, 0) is 0 Å². The minimum Gasteiger partial charge on any atom is -0.395 e. The van der Waals surface area contributed by atoms with Gasteiger partial charge in [-0.3, -0.25) is 9.59 Å². The molecule has 0 atom stereocenters. The maximum atomic E-state index is 12.2. The molecule has 0 fully saturated rings. The number of benzene rings is 2. The molecule has 0 saturated carbocycles. The largest absolute Gasteiger partial charge is 0.395 e. The standard InChI is InChI=1S/C16H12BrNO2/c17-13-9-5-4-8-12(13)16(20)14(18)10-15(19)11-6-2-1-3-7-11/h1-10H,18H2. The van der Waals surface area contributed by atoms with Gasteiger partial charge in [-0.05, 0) is 12.1 Å². The smallest absolute Gasteiger partial charge is 0.209 e. The first kappa shape index (κ1) is 14.2. The van der Waals surface area contributed by atoms with E-state index < -0.39 is 0 Å². The van der Waals surface area contributed by atoms with Gasteiger partial charge in [-0.2, -0.15) is 0 Å². The maximum absolute atomic E-state index is 12.2. The highest BCUT2D eigenvalue weighted by molar-refractivity contribution is 9.10. The van der Waals surface area contributed by atoms with Gasteiger partial charge >= 0.3 is 0 Å². The molecule has 4 heteroatoms. The lowest BCUT2D eigenvalue weighted by Crippen LogP contribution is -2.14. The quantitative estimate of drug-likeness (QED) is 0.691. The molecule has 0 aliphatic heterocycles. The van der Waals surface area contributed by atoms with E-state index in [4.69, 9.17) is 5.73 Å². The summed E-state index contributed by atoms with van der Waals surface area (Å²) in [5, 5.41) is 0. The third kappa shape index (κ3) is 3.22. The molecule has 0 saturated heterocycles. The monoisotopic (exact) mass is 329 g/mol. The second-order valence-corrected chi connectivity index (χ2v) is 4.99. The Morgan fingerprint density at radius 3 is 2.20 bits per heavy atom. The first-order chi connectivity index (χ1) is 9.59. The summed E-state index contributed by atoms with van der Waals surface area (Å²) in [4.78, 5) is 24.1. The third-order valence-corrected chi connectivity index (χ3v) is 3.42. The van der Waals surface area contributed by atoms with E-state index in [0.29, 0.717) is 15.6 Å². The molecule has 20 heavy (non-hydrogen) atoms. The van der Waals surface area contributed by atoms with Crippen LogP contribution in [0.1, 0.15) is 20.7 Å². The number of rotatable bonds is 4. The SMILES string of the molecule is NC(=CC(=O)c1ccccc1)C(=O)c1ccccc1Br. The number of allylic oxidation sites excluding steroid dienone is 2. The van der Waals surface area contributed by atoms with Crippen LogP contribution in [-0.4, -0.2) is 11.6 Å². The molecule has 100 valence electrons. The highest BCUT2D eigenvalue weighted by atomic mass is 79.9. The van der Waals surface area contributed by atoms with E-state index in [1.165, 1.54) is 0 Å². The average molecular weight is 330 g/mol. The summed E-state index contributed by atoms with van der Waals surface area (Å²) in [6, 6.07) is 15.6. The summed E-state index contributed by atoms with van der Waals surface area (Å²) in [6.07, 6.45) is 1.16. The van der Waals surface area contributed by atoms with Crippen LogP contribution < -0.4 is 5.73 Å². The van der Waals surface area contributed by atoms with Gasteiger partial charge in [-0.15, -0.1) is 0 Å². The van der Waals surface area contributed by atoms with Gasteiger partial charge in [0.1, 0.15) is 0 Å². The molecular formula is C16H12BrNO2. The zero-order valence-corrected chi connectivity index (χ0v) is 12.1. The normalized spacial score (nSPS) is 11.2. The van der Waals surface area contributed by atoms with Crippen molar-refractivity contribution in [3.8, 4) is 0 Å². The zero-order valence-electron chi connectivity index (χ0n) is 10.5. The fourth-order valence-corrected chi connectivity index (χ4v) is 2.16. The van der Waals surface area contributed by atoms with Crippen LogP contribution in [0.2, 0.25) is 0 Å². The number of carbonyl (C=O) groups excluding carboxylic acids is 2. The summed E-state index contributed by atoms with van der Waals surface area (Å²) < 4.78 is 0.647. The maximum Gasteiger partial charge on any atom is 0.209 e. The van der Waals surface area contributed by atoms with Crippen molar-refractivity contribution < 1.29 is 9.59 Å². The van der Waals surface area contributed by atoms with E-state index in [0.717, 1.165) is 6.08 Å². The molecule has 2 N–H and O–H groups in total. The lowest BCUT2D eigenvalue weighted by Gasteiger charge is -2.03. The van der Waals surface area contributed by atoms with E-state index in [-0.39, 0.29) is 17.3 Å². The minimum atomic E-state index is -0.373. The Hall–Kier alpha value is -2.20. The Labute approximate surface area is 125 Å². The minimum absolute atomic E-state index is 0.0780. The van der Waals surface area contributed by atoms with Gasteiger partial charge in [0.05, 0.1) is 5.70 Å². The molecule has 0 spiro atoms. The first-order valence-electron chi connectivity index (χ1n) is 5.95. The Morgan fingerprint density at radius 2 is 1.55 bits per heavy atom. The molecule has 0 bridgehead atoms. The van der Waals surface area contributed by atoms with Crippen molar-refractivity contribution in [2.24, 2.45) is 5.73 Å². The highest BCUT2D eigenvalue weighted by Crippen LogP contribution is 2.18. The van der Waals surface area contributed by atoms with Crippen molar-refractivity contribution >= 4 is 27.5 Å². The molecule has 0 heterocycles. The third-order valence-electron chi connectivity index (χ3n) is 2.73. The Morgan fingerprint density at radius 1 is 0.950 bits per heavy atom. The highest BCUT2D eigenvalue weighted by Gasteiger charge is 2.13. The fourth-order valence-electron chi connectivity index (χ4n) is 1.69. The summed E-state index contributed by atoms with van der Waals surface area (Å²) in [6.45, 7) is 0. The van der Waals surface area contributed by atoms with Crippen LogP contribution >= 0.6 is 15.9 Å². The van der Waals surface area contributed by atoms with Gasteiger partial charge < -0.3 is 5.73 Å². The van der Waals surface area contributed by atoms with Crippen LogP contribution in [0.5, 0.6) is 0 Å². The number of hydrogen-bond acceptors (Lipinski definition) is 3. The second kappa shape index (κ2) is 6.30. The lowest BCUT2D eigenvalue weighted by molar-refractivity contribution is 0.101. The molecule has 2 aromatic carbocycles. The second-order valence-electron chi connectivity index (χ2n) is 4.14. The number of nitrogens with two attached hydrogens (primary N) is 1. The average Bonchev–Trinajstić information content (AvgIpc) is 2.48. The summed E-state index contributed by atoms with van der Waals surface area (Å²) >= 11 is 3.29. The van der Waals surface area contributed by atoms with Crippen LogP contribution in [0.3, 0.4) is 0 Å². The van der Waals surface area contributed by atoms with E-state index in [1.54, 1.807) is 48.5 Å². The number of ketones is 2. The Bertz CT molecular complexity index is 678. The van der Waals surface area contributed by atoms with Crippen molar-refractivity contribution in [1.29, 1.82) is 0 Å². The van der Waals surface area contributed by atoms with Crippen molar-refractivity contribution in [3.05, 3.63) is 82.0 Å². The molecule has 0 unspecified atom stereocenters. The lowest BCUT2D eigenvalue weighted by atomic mass is 10.1. The van der Waals surface area contributed by atoms with Gasteiger partial charge in [0, 0.05) is 21.7 Å².